The molecule has 0 aliphatic rings. The van der Waals surface area contributed by atoms with E-state index in [2.05, 4.69) is 4.52 Å². The minimum atomic E-state index is -3.86. The van der Waals surface area contributed by atoms with Gasteiger partial charge in [-0.25, -0.2) is 4.57 Å². The number of rotatable bonds is 4. The van der Waals surface area contributed by atoms with Crippen LogP contribution in [-0.2, 0) is 13.9 Å². The molecule has 0 fully saturated rings. The SMILES string of the molecule is CCCOP(=O)(O)NC(C)=O. The van der Waals surface area contributed by atoms with Crippen molar-refractivity contribution in [2.75, 3.05) is 6.61 Å². The third kappa shape index (κ3) is 6.04. The van der Waals surface area contributed by atoms with Crippen LogP contribution in [0.5, 0.6) is 0 Å². The van der Waals surface area contributed by atoms with Crippen molar-refractivity contribution in [1.29, 1.82) is 0 Å². The van der Waals surface area contributed by atoms with E-state index in [1.807, 2.05) is 0 Å². The lowest BCUT2D eigenvalue weighted by molar-refractivity contribution is -0.117. The number of amides is 1. The number of carbonyl (C=O) groups excluding carboxylic acids is 1. The van der Waals surface area contributed by atoms with Crippen molar-refractivity contribution in [1.82, 2.24) is 5.09 Å². The maximum Gasteiger partial charge on any atom is 0.432 e. The lowest BCUT2D eigenvalue weighted by atomic mass is 10.5. The van der Waals surface area contributed by atoms with Crippen LogP contribution in [-0.4, -0.2) is 17.4 Å². The van der Waals surface area contributed by atoms with E-state index in [1.54, 1.807) is 12.0 Å². The van der Waals surface area contributed by atoms with Gasteiger partial charge in [0, 0.05) is 6.92 Å². The normalized spacial score (nSPS) is 15.5. The van der Waals surface area contributed by atoms with Gasteiger partial charge in [-0.1, -0.05) is 6.92 Å². The lowest BCUT2D eigenvalue weighted by Crippen LogP contribution is -2.17. The molecule has 0 radical (unpaired) electrons. The number of hydrogen-bond donors (Lipinski definition) is 2. The molecule has 11 heavy (non-hydrogen) atoms. The summed E-state index contributed by atoms with van der Waals surface area (Å²) in [5.41, 5.74) is 0. The molecule has 0 saturated carbocycles. The Hall–Kier alpha value is -0.380. The molecule has 66 valence electrons. The summed E-state index contributed by atoms with van der Waals surface area (Å²) >= 11 is 0. The van der Waals surface area contributed by atoms with Crippen LogP contribution < -0.4 is 5.09 Å². The van der Waals surface area contributed by atoms with Crippen LogP contribution in [0.3, 0.4) is 0 Å². The largest absolute Gasteiger partial charge is 0.432 e. The third-order valence-corrected chi connectivity index (χ3v) is 1.90. The van der Waals surface area contributed by atoms with Crippen molar-refractivity contribution >= 4 is 13.7 Å². The molecular formula is C5H12NO4P. The highest BCUT2D eigenvalue weighted by atomic mass is 31.2. The summed E-state index contributed by atoms with van der Waals surface area (Å²) < 4.78 is 15.3. The van der Waals surface area contributed by atoms with E-state index in [0.717, 1.165) is 6.92 Å². The number of nitrogens with one attached hydrogen (secondary N) is 1. The van der Waals surface area contributed by atoms with Gasteiger partial charge in [-0.15, -0.1) is 0 Å². The summed E-state index contributed by atoms with van der Waals surface area (Å²) in [5, 5.41) is 1.80. The maximum atomic E-state index is 10.8. The average Bonchev–Trinajstić information content (AvgIpc) is 1.81. The standard InChI is InChI=1S/C5H12NO4P/c1-3-4-10-11(8,9)6-5(2)7/h3-4H2,1-2H3,(H2,6,7,8,9). The van der Waals surface area contributed by atoms with Crippen molar-refractivity contribution in [3.05, 3.63) is 0 Å². The molecule has 1 atom stereocenters. The predicted octanol–water partition coefficient (Wildman–Crippen LogP) is 0.649. The van der Waals surface area contributed by atoms with Gasteiger partial charge in [0.15, 0.2) is 0 Å². The highest BCUT2D eigenvalue weighted by Crippen LogP contribution is 2.36. The molecule has 5 nitrogen and oxygen atoms in total. The molecule has 0 aromatic heterocycles. The molecule has 0 saturated heterocycles. The van der Waals surface area contributed by atoms with Crippen molar-refractivity contribution < 1.29 is 18.8 Å². The van der Waals surface area contributed by atoms with Crippen LogP contribution in [0, 0.1) is 0 Å². The Bertz CT molecular complexity index is 181. The first-order chi connectivity index (χ1) is 4.98. The molecule has 0 spiro atoms. The minimum absolute atomic E-state index is 0.161. The van der Waals surface area contributed by atoms with Gasteiger partial charge < -0.3 is 4.89 Å². The Morgan fingerprint density at radius 2 is 2.27 bits per heavy atom. The zero-order valence-electron chi connectivity index (χ0n) is 6.53. The van der Waals surface area contributed by atoms with Gasteiger partial charge in [0.1, 0.15) is 0 Å². The van der Waals surface area contributed by atoms with Gasteiger partial charge in [0.05, 0.1) is 6.61 Å². The molecule has 6 heteroatoms. The van der Waals surface area contributed by atoms with Gasteiger partial charge in [-0.3, -0.25) is 14.4 Å². The summed E-state index contributed by atoms with van der Waals surface area (Å²) in [5.74, 6) is -0.577. The van der Waals surface area contributed by atoms with Crippen LogP contribution in [0.15, 0.2) is 0 Å². The van der Waals surface area contributed by atoms with E-state index >= 15 is 0 Å². The van der Waals surface area contributed by atoms with Gasteiger partial charge in [0.25, 0.3) is 0 Å². The molecule has 1 unspecified atom stereocenters. The highest BCUT2D eigenvalue weighted by Gasteiger charge is 2.19. The van der Waals surface area contributed by atoms with Gasteiger partial charge in [0.2, 0.25) is 5.91 Å². The average molecular weight is 181 g/mol. The summed E-state index contributed by atoms with van der Waals surface area (Å²) in [6, 6.07) is 0. The fourth-order valence-electron chi connectivity index (χ4n) is 0.446. The van der Waals surface area contributed by atoms with Crippen LogP contribution >= 0.6 is 7.75 Å². The molecule has 0 aromatic rings. The highest BCUT2D eigenvalue weighted by molar-refractivity contribution is 7.51. The van der Waals surface area contributed by atoms with Crippen molar-refractivity contribution in [3.63, 3.8) is 0 Å². The monoisotopic (exact) mass is 181 g/mol. The Balaban J connectivity index is 3.80. The summed E-state index contributed by atoms with van der Waals surface area (Å²) in [7, 11) is -3.86. The fourth-order valence-corrected chi connectivity index (χ4v) is 1.34. The smallest absolute Gasteiger partial charge is 0.308 e. The van der Waals surface area contributed by atoms with Crippen molar-refractivity contribution in [2.24, 2.45) is 0 Å². The zero-order valence-corrected chi connectivity index (χ0v) is 7.43. The Morgan fingerprint density at radius 1 is 1.73 bits per heavy atom. The van der Waals surface area contributed by atoms with Gasteiger partial charge >= 0.3 is 7.75 Å². The van der Waals surface area contributed by atoms with Crippen molar-refractivity contribution in [2.45, 2.75) is 20.3 Å². The molecule has 2 N–H and O–H groups in total. The van der Waals surface area contributed by atoms with Crippen LogP contribution in [0.25, 0.3) is 0 Å². The fraction of sp³-hybridized carbons (Fsp3) is 0.800. The van der Waals surface area contributed by atoms with E-state index in [0.29, 0.717) is 6.42 Å². The van der Waals surface area contributed by atoms with Crippen molar-refractivity contribution in [3.8, 4) is 0 Å². The quantitative estimate of drug-likeness (QED) is 0.624. The third-order valence-electron chi connectivity index (χ3n) is 0.769. The molecule has 0 rings (SSSR count). The second-order valence-corrected chi connectivity index (χ2v) is 3.54. The van der Waals surface area contributed by atoms with Gasteiger partial charge in [-0.2, -0.15) is 0 Å². The Kier molecular flexibility index (Phi) is 4.33. The molecule has 0 aliphatic carbocycles. The molecular weight excluding hydrogens is 169 g/mol. The summed E-state index contributed by atoms with van der Waals surface area (Å²) in [6.45, 7) is 3.11. The molecule has 0 aromatic carbocycles. The first-order valence-electron chi connectivity index (χ1n) is 3.24. The van der Waals surface area contributed by atoms with Crippen LogP contribution in [0.4, 0.5) is 0 Å². The minimum Gasteiger partial charge on any atom is -0.308 e. The molecule has 1 amide bonds. The van der Waals surface area contributed by atoms with E-state index in [9.17, 15) is 9.36 Å². The van der Waals surface area contributed by atoms with E-state index in [1.165, 1.54) is 0 Å². The Morgan fingerprint density at radius 3 is 2.64 bits per heavy atom. The molecule has 0 bridgehead atoms. The Labute approximate surface area is 65.3 Å². The molecule has 0 aliphatic heterocycles. The topological polar surface area (TPSA) is 75.6 Å². The lowest BCUT2D eigenvalue weighted by Gasteiger charge is -2.10. The van der Waals surface area contributed by atoms with E-state index in [-0.39, 0.29) is 6.61 Å². The second kappa shape index (κ2) is 4.49. The van der Waals surface area contributed by atoms with Crippen LogP contribution in [0.1, 0.15) is 20.3 Å². The zero-order chi connectivity index (χ0) is 8.91. The summed E-state index contributed by atoms with van der Waals surface area (Å²) in [4.78, 5) is 19.1. The summed E-state index contributed by atoms with van der Waals surface area (Å²) in [6.07, 6.45) is 0.629. The van der Waals surface area contributed by atoms with E-state index < -0.39 is 13.7 Å². The first-order valence-corrected chi connectivity index (χ1v) is 4.82. The van der Waals surface area contributed by atoms with Crippen LogP contribution in [0.2, 0.25) is 0 Å². The number of carbonyl (C=O) groups is 1. The predicted molar refractivity (Wildman–Crippen MR) is 39.9 cm³/mol. The number of hydrogen-bond acceptors (Lipinski definition) is 3. The van der Waals surface area contributed by atoms with Gasteiger partial charge in [-0.05, 0) is 6.42 Å². The molecule has 0 heterocycles. The first kappa shape index (κ1) is 10.6. The second-order valence-electron chi connectivity index (χ2n) is 2.02. The maximum absolute atomic E-state index is 10.8. The van der Waals surface area contributed by atoms with E-state index in [4.69, 9.17) is 4.89 Å².